The monoisotopic (exact) mass is 418 g/mol. The van der Waals surface area contributed by atoms with Gasteiger partial charge in [0.2, 0.25) is 0 Å². The number of hydrogen-bond acceptors (Lipinski definition) is 4. The normalized spacial score (nSPS) is 12.7. The molecule has 0 amide bonds. The number of aryl methyl sites for hydroxylation is 1. The summed E-state index contributed by atoms with van der Waals surface area (Å²) >= 11 is 7.36. The van der Waals surface area contributed by atoms with Crippen molar-refractivity contribution in [3.8, 4) is 5.75 Å². The van der Waals surface area contributed by atoms with E-state index in [4.69, 9.17) is 0 Å². The highest BCUT2D eigenvalue weighted by atomic mass is 79.9. The summed E-state index contributed by atoms with van der Waals surface area (Å²) in [4.78, 5) is 0.377. The number of thiol groups is 1. The third-order valence-electron chi connectivity index (χ3n) is 2.86. The number of fused-ring (bicyclic) bond motifs is 1. The second-order valence-corrected chi connectivity index (χ2v) is 7.13. The molecule has 0 radical (unpaired) electrons. The predicted octanol–water partition coefficient (Wildman–Crippen LogP) is 4.57. The Labute approximate surface area is 136 Å². The highest BCUT2D eigenvalue weighted by Gasteiger charge is 2.49. The van der Waals surface area contributed by atoms with E-state index < -0.39 is 27.2 Å². The van der Waals surface area contributed by atoms with E-state index in [1.165, 1.54) is 19.1 Å². The molecule has 2 rings (SSSR count). The lowest BCUT2D eigenvalue weighted by atomic mass is 10.0. The largest absolute Gasteiger partial charge is 0.534 e. The van der Waals surface area contributed by atoms with Crippen molar-refractivity contribution in [1.29, 1.82) is 0 Å². The standard InChI is InChI=1S/C12H7BrF4O3S2/c1-5-9-6(4-7(13)11(5)21)2-3-8(10(9)14)20-22(18,19)12(15,16)17/h2-4,21H,1H3. The van der Waals surface area contributed by atoms with E-state index in [-0.39, 0.29) is 5.39 Å². The van der Waals surface area contributed by atoms with Crippen LogP contribution in [-0.4, -0.2) is 13.9 Å². The second-order valence-electron chi connectivity index (χ2n) is 4.29. The first-order valence-electron chi connectivity index (χ1n) is 5.56. The van der Waals surface area contributed by atoms with Crippen molar-refractivity contribution in [2.45, 2.75) is 17.3 Å². The third-order valence-corrected chi connectivity index (χ3v) is 5.33. The molecule has 0 N–H and O–H groups in total. The van der Waals surface area contributed by atoms with Crippen LogP contribution in [0.1, 0.15) is 5.56 Å². The van der Waals surface area contributed by atoms with Crippen LogP contribution >= 0.6 is 28.6 Å². The molecule has 2 aromatic carbocycles. The fourth-order valence-electron chi connectivity index (χ4n) is 1.81. The van der Waals surface area contributed by atoms with Crippen LogP contribution in [0.2, 0.25) is 0 Å². The molecular weight excluding hydrogens is 412 g/mol. The van der Waals surface area contributed by atoms with Gasteiger partial charge in [0, 0.05) is 14.8 Å². The Kier molecular flexibility index (Phi) is 4.39. The van der Waals surface area contributed by atoms with E-state index >= 15 is 0 Å². The van der Waals surface area contributed by atoms with Gasteiger partial charge in [-0.05, 0) is 45.9 Å². The zero-order valence-electron chi connectivity index (χ0n) is 10.7. The fourth-order valence-corrected chi connectivity index (χ4v) is 2.99. The number of rotatable bonds is 2. The summed E-state index contributed by atoms with van der Waals surface area (Å²) in [5.41, 5.74) is -5.31. The maximum atomic E-state index is 14.4. The Bertz CT molecular complexity index is 863. The van der Waals surface area contributed by atoms with Crippen LogP contribution in [0.4, 0.5) is 17.6 Å². The van der Waals surface area contributed by atoms with E-state index in [0.717, 1.165) is 6.07 Å². The first-order chi connectivity index (χ1) is 9.95. The predicted molar refractivity (Wildman–Crippen MR) is 79.2 cm³/mol. The van der Waals surface area contributed by atoms with Gasteiger partial charge < -0.3 is 4.18 Å². The molecule has 0 aliphatic rings. The molecule has 0 bridgehead atoms. The lowest BCUT2D eigenvalue weighted by molar-refractivity contribution is -0.0500. The van der Waals surface area contributed by atoms with Gasteiger partial charge in [-0.1, -0.05) is 6.07 Å². The summed E-state index contributed by atoms with van der Waals surface area (Å²) < 4.78 is 77.7. The summed E-state index contributed by atoms with van der Waals surface area (Å²) in [6.07, 6.45) is 0. The van der Waals surface area contributed by atoms with Gasteiger partial charge in [0.1, 0.15) is 0 Å². The molecule has 0 heterocycles. The number of benzene rings is 2. The number of alkyl halides is 3. The van der Waals surface area contributed by atoms with E-state index in [2.05, 4.69) is 32.7 Å². The van der Waals surface area contributed by atoms with Gasteiger partial charge in [-0.2, -0.15) is 21.6 Å². The Morgan fingerprint density at radius 2 is 1.86 bits per heavy atom. The average molecular weight is 419 g/mol. The maximum absolute atomic E-state index is 14.4. The summed E-state index contributed by atoms with van der Waals surface area (Å²) in [6.45, 7) is 1.50. The quantitative estimate of drug-likeness (QED) is 0.336. The smallest absolute Gasteiger partial charge is 0.373 e. The summed E-state index contributed by atoms with van der Waals surface area (Å²) in [5.74, 6) is -2.23. The van der Waals surface area contributed by atoms with Crippen molar-refractivity contribution in [1.82, 2.24) is 0 Å². The highest BCUT2D eigenvalue weighted by Crippen LogP contribution is 2.37. The molecule has 120 valence electrons. The first kappa shape index (κ1) is 17.4. The van der Waals surface area contributed by atoms with Gasteiger partial charge >= 0.3 is 15.6 Å². The van der Waals surface area contributed by atoms with Gasteiger partial charge in [-0.3, -0.25) is 0 Å². The summed E-state index contributed by atoms with van der Waals surface area (Å²) in [7, 11) is -5.94. The molecule has 22 heavy (non-hydrogen) atoms. The molecular formula is C12H7BrF4O3S2. The van der Waals surface area contributed by atoms with Gasteiger partial charge in [0.15, 0.2) is 11.6 Å². The average Bonchev–Trinajstić information content (AvgIpc) is 2.38. The zero-order chi connectivity index (χ0) is 16.9. The van der Waals surface area contributed by atoms with Crippen molar-refractivity contribution in [2.75, 3.05) is 0 Å². The zero-order valence-corrected chi connectivity index (χ0v) is 14.0. The van der Waals surface area contributed by atoms with Crippen LogP contribution in [-0.2, 0) is 10.1 Å². The van der Waals surface area contributed by atoms with E-state index in [1.807, 2.05) is 0 Å². The Morgan fingerprint density at radius 1 is 1.27 bits per heavy atom. The van der Waals surface area contributed by atoms with Crippen molar-refractivity contribution < 1.29 is 30.2 Å². The van der Waals surface area contributed by atoms with Gasteiger partial charge in [0.05, 0.1) is 0 Å². The Morgan fingerprint density at radius 3 is 2.41 bits per heavy atom. The van der Waals surface area contributed by atoms with Crippen LogP contribution in [0, 0.1) is 12.7 Å². The molecule has 0 aromatic heterocycles. The number of hydrogen-bond donors (Lipinski definition) is 1. The van der Waals surface area contributed by atoms with Crippen LogP contribution in [0.5, 0.6) is 5.75 Å². The minimum absolute atomic E-state index is 0.0666. The molecule has 0 saturated heterocycles. The lowest BCUT2D eigenvalue weighted by Crippen LogP contribution is -2.28. The summed E-state index contributed by atoms with van der Waals surface area (Å²) in [5, 5.41) is 0.291. The number of halogens is 5. The van der Waals surface area contributed by atoms with Crippen LogP contribution in [0.15, 0.2) is 27.6 Å². The molecule has 0 unspecified atom stereocenters. The minimum Gasteiger partial charge on any atom is -0.373 e. The van der Waals surface area contributed by atoms with Gasteiger partial charge in [0.25, 0.3) is 0 Å². The molecule has 2 aromatic rings. The maximum Gasteiger partial charge on any atom is 0.534 e. The van der Waals surface area contributed by atoms with Crippen molar-refractivity contribution in [3.63, 3.8) is 0 Å². The second kappa shape index (κ2) is 5.57. The molecule has 10 heteroatoms. The van der Waals surface area contributed by atoms with Crippen LogP contribution in [0.3, 0.4) is 0 Å². The first-order valence-corrected chi connectivity index (χ1v) is 8.21. The van der Waals surface area contributed by atoms with E-state index in [1.54, 1.807) is 0 Å². The third kappa shape index (κ3) is 2.91. The highest BCUT2D eigenvalue weighted by molar-refractivity contribution is 9.10. The molecule has 0 spiro atoms. The molecule has 0 aliphatic carbocycles. The SMILES string of the molecule is Cc1c(S)c(Br)cc2ccc(OS(=O)(=O)C(F)(F)F)c(F)c12. The van der Waals surface area contributed by atoms with E-state index in [0.29, 0.717) is 20.3 Å². The Hall–Kier alpha value is -1.00. The lowest BCUT2D eigenvalue weighted by Gasteiger charge is -2.13. The van der Waals surface area contributed by atoms with Crippen molar-refractivity contribution >= 4 is 49.4 Å². The topological polar surface area (TPSA) is 43.4 Å². The van der Waals surface area contributed by atoms with Crippen LogP contribution < -0.4 is 4.18 Å². The molecule has 0 atom stereocenters. The molecule has 0 fully saturated rings. The Balaban J connectivity index is 2.67. The van der Waals surface area contributed by atoms with Gasteiger partial charge in [-0.15, -0.1) is 12.6 Å². The van der Waals surface area contributed by atoms with Crippen molar-refractivity contribution in [3.05, 3.63) is 34.1 Å². The molecule has 0 saturated carbocycles. The fraction of sp³-hybridized carbons (Fsp3) is 0.167. The molecule has 3 nitrogen and oxygen atoms in total. The van der Waals surface area contributed by atoms with E-state index in [9.17, 15) is 26.0 Å². The molecule has 0 aliphatic heterocycles. The van der Waals surface area contributed by atoms with Crippen molar-refractivity contribution in [2.24, 2.45) is 0 Å². The van der Waals surface area contributed by atoms with Gasteiger partial charge in [-0.25, -0.2) is 4.39 Å². The summed E-state index contributed by atoms with van der Waals surface area (Å²) in [6, 6.07) is 3.59. The minimum atomic E-state index is -5.94. The van der Waals surface area contributed by atoms with Crippen LogP contribution in [0.25, 0.3) is 10.8 Å².